The van der Waals surface area contributed by atoms with Gasteiger partial charge in [-0.15, -0.1) is 0 Å². The first-order chi connectivity index (χ1) is 15.6. The first-order valence-electron chi connectivity index (χ1n) is 9.00. The van der Waals surface area contributed by atoms with Gasteiger partial charge in [-0.3, -0.25) is 8.37 Å². The Morgan fingerprint density at radius 2 is 1.03 bits per heavy atom. The van der Waals surface area contributed by atoms with Crippen molar-refractivity contribution in [3.63, 3.8) is 0 Å². The highest BCUT2D eigenvalue weighted by Crippen LogP contribution is 2.20. The van der Waals surface area contributed by atoms with Gasteiger partial charge in [0.05, 0.1) is 33.8 Å². The fourth-order valence-corrected chi connectivity index (χ4v) is 4.29. The Hall–Kier alpha value is -3.02. The summed E-state index contributed by atoms with van der Waals surface area (Å²) in [7, 11) is -6.89. The molecule has 180 valence electrons. The summed E-state index contributed by atoms with van der Waals surface area (Å²) in [4.78, 5) is 33.2. The van der Waals surface area contributed by atoms with Gasteiger partial charge in [0.1, 0.15) is 0 Å². The number of nitroso groups, excluding NO2 is 2. The minimum absolute atomic E-state index is 0.272. The van der Waals surface area contributed by atoms with Gasteiger partial charge >= 0.3 is 5.66 Å². The molecule has 0 heterocycles. The van der Waals surface area contributed by atoms with Crippen molar-refractivity contribution in [2.75, 3.05) is 27.4 Å². The topological polar surface area (TPSA) is 169 Å². The van der Waals surface area contributed by atoms with E-state index < -0.39 is 39.1 Å². The molecule has 0 amide bonds. The van der Waals surface area contributed by atoms with Crippen LogP contribution in [0, 0.1) is 9.81 Å². The molecule has 2 aromatic carbocycles. The molecule has 0 aromatic heterocycles. The van der Waals surface area contributed by atoms with Gasteiger partial charge in [-0.2, -0.15) is 16.8 Å². The summed E-state index contributed by atoms with van der Waals surface area (Å²) in [5, 5.41) is 0. The van der Waals surface area contributed by atoms with Crippen LogP contribution in [0.25, 0.3) is 0 Å². The lowest BCUT2D eigenvalue weighted by atomic mass is 10.2. The fourth-order valence-electron chi connectivity index (χ4n) is 2.35. The van der Waals surface area contributed by atoms with E-state index >= 15 is 0 Å². The zero-order valence-corrected chi connectivity index (χ0v) is 19.1. The second kappa shape index (κ2) is 11.2. The molecule has 0 fully saturated rings. The van der Waals surface area contributed by atoms with Crippen molar-refractivity contribution in [3.8, 4) is 0 Å². The molecule has 14 nitrogen and oxygen atoms in total. The lowest BCUT2D eigenvalue weighted by Gasteiger charge is -2.16. The Kier molecular flexibility index (Phi) is 8.91. The van der Waals surface area contributed by atoms with Crippen LogP contribution in [-0.2, 0) is 38.3 Å². The maximum Gasteiger partial charge on any atom is 0.548 e. The third-order valence-corrected chi connectivity index (χ3v) is 6.61. The van der Waals surface area contributed by atoms with Gasteiger partial charge < -0.3 is 0 Å². The molecule has 0 saturated carbocycles. The monoisotopic (exact) mass is 506 g/mol. The predicted octanol–water partition coefficient (Wildman–Crippen LogP) is 0.184. The number of nitrogens with one attached hydrogen (secondary N) is 2. The molecule has 2 rings (SSSR count). The molecule has 16 heteroatoms. The highest BCUT2D eigenvalue weighted by atomic mass is 32.2. The molecule has 0 spiro atoms. The highest BCUT2D eigenvalue weighted by Gasteiger charge is 2.67. The molecule has 0 saturated heterocycles. The normalized spacial score (nSPS) is 12.2. The number of benzene rings is 2. The number of nitrogens with zero attached hydrogens (tertiary/aromatic N) is 2. The van der Waals surface area contributed by atoms with E-state index in [4.69, 9.17) is 8.37 Å². The fraction of sp³-hybridized carbons (Fsp3) is 0.294. The maximum atomic E-state index is 12.7. The molecule has 0 radical (unpaired) electrons. The Morgan fingerprint density at radius 3 is 1.33 bits per heavy atom. The third kappa shape index (κ3) is 6.50. The van der Waals surface area contributed by atoms with E-state index in [-0.39, 0.29) is 19.5 Å². The van der Waals surface area contributed by atoms with Gasteiger partial charge in [-0.05, 0) is 35.4 Å². The summed E-state index contributed by atoms with van der Waals surface area (Å²) in [6, 6.07) is 13.7. The molecule has 0 aliphatic rings. The van der Waals surface area contributed by atoms with Gasteiger partial charge in [0.2, 0.25) is 23.0 Å². The highest BCUT2D eigenvalue weighted by molar-refractivity contribution is 7.87. The summed E-state index contributed by atoms with van der Waals surface area (Å²) in [5.74, 6) is 0. The number of hydrazine groups is 2. The second-order valence-corrected chi connectivity index (χ2v) is 9.45. The Morgan fingerprint density at radius 1 is 0.697 bits per heavy atom. The van der Waals surface area contributed by atoms with Crippen LogP contribution in [0.3, 0.4) is 0 Å². The largest absolute Gasteiger partial charge is 0.548 e. The van der Waals surface area contributed by atoms with E-state index in [1.165, 1.54) is 48.5 Å². The Bertz CT molecular complexity index is 1070. The molecule has 33 heavy (non-hydrogen) atoms. The second-order valence-electron chi connectivity index (χ2n) is 6.22. The number of rotatable bonds is 14. The van der Waals surface area contributed by atoms with E-state index in [0.29, 0.717) is 0 Å². The first-order valence-corrected chi connectivity index (χ1v) is 11.8. The van der Waals surface area contributed by atoms with Gasteiger partial charge in [-0.25, -0.2) is 9.68 Å². The third-order valence-electron chi connectivity index (χ3n) is 4.06. The Labute approximate surface area is 189 Å². The van der Waals surface area contributed by atoms with Gasteiger partial charge in [0, 0.05) is 0 Å². The molecule has 0 aliphatic heterocycles. The summed E-state index contributed by atoms with van der Waals surface area (Å²) >= 11 is 0. The van der Waals surface area contributed by atoms with Crippen LogP contribution >= 0.6 is 0 Å². The van der Waals surface area contributed by atoms with E-state index in [1.807, 2.05) is 0 Å². The average Bonchev–Trinajstić information content (AvgIpc) is 2.81. The Balaban J connectivity index is 2.42. The number of hydrogen-bond donors (Lipinski definition) is 2. The van der Waals surface area contributed by atoms with Crippen LogP contribution < -0.4 is 11.2 Å². The predicted molar refractivity (Wildman–Crippen MR) is 109 cm³/mol. The standard InChI is InChI=1S/C17H22N4O10S2/c1-28-18-20(22)17(21(23)19-29-2,13-30-32(24,25)15-9-5-3-6-10-15)14-31-33(26,27)16-11-7-4-8-12-16/h3-12H,13-14H2,1-2H3,(H,18,22)(H,19,23)/q+2. The maximum absolute atomic E-state index is 12.7. The summed E-state index contributed by atoms with van der Waals surface area (Å²) in [5.41, 5.74) is 0.811. The van der Waals surface area contributed by atoms with Crippen molar-refractivity contribution >= 4 is 20.2 Å². The molecule has 0 aliphatic carbocycles. The molecular formula is C17H22N4O10S2+2. The van der Waals surface area contributed by atoms with Crippen molar-refractivity contribution in [1.82, 2.24) is 11.2 Å². The molecule has 2 aromatic rings. The van der Waals surface area contributed by atoms with E-state index in [0.717, 1.165) is 14.2 Å². The molecule has 2 N–H and O–H groups in total. The van der Waals surface area contributed by atoms with Crippen LogP contribution in [0.1, 0.15) is 0 Å². The zero-order valence-electron chi connectivity index (χ0n) is 17.5. The van der Waals surface area contributed by atoms with Crippen molar-refractivity contribution in [3.05, 3.63) is 70.5 Å². The zero-order chi connectivity index (χ0) is 24.5. The average molecular weight is 507 g/mol. The number of hydrogen-bond acceptors (Lipinski definition) is 10. The SMILES string of the molecule is CON[N+](=O)C(COS(=O)(=O)c1ccccc1)(COS(=O)(=O)c1ccccc1)[N+](=O)NOC. The minimum atomic E-state index is -4.47. The van der Waals surface area contributed by atoms with Crippen LogP contribution in [0.15, 0.2) is 70.5 Å². The van der Waals surface area contributed by atoms with E-state index in [9.17, 15) is 26.6 Å². The molecule has 0 unspecified atom stereocenters. The van der Waals surface area contributed by atoms with E-state index in [1.54, 1.807) is 23.3 Å². The van der Waals surface area contributed by atoms with Crippen LogP contribution in [-0.4, -0.2) is 59.7 Å². The minimum Gasteiger partial charge on any atom is -0.250 e. The first kappa shape index (κ1) is 26.2. The summed E-state index contributed by atoms with van der Waals surface area (Å²) in [6.45, 7) is -2.43. The van der Waals surface area contributed by atoms with Crippen molar-refractivity contribution < 1.29 is 44.6 Å². The molecule has 0 atom stereocenters. The quantitative estimate of drug-likeness (QED) is 0.154. The summed E-state index contributed by atoms with van der Waals surface area (Å²) in [6.07, 6.45) is 0. The van der Waals surface area contributed by atoms with Crippen molar-refractivity contribution in [1.29, 1.82) is 0 Å². The molecule has 0 bridgehead atoms. The van der Waals surface area contributed by atoms with E-state index in [2.05, 4.69) is 9.68 Å². The van der Waals surface area contributed by atoms with Gasteiger partial charge in [0.15, 0.2) is 0 Å². The van der Waals surface area contributed by atoms with Gasteiger partial charge in [0.25, 0.3) is 20.2 Å². The van der Waals surface area contributed by atoms with Gasteiger partial charge in [-0.1, -0.05) is 36.4 Å². The van der Waals surface area contributed by atoms with Crippen LogP contribution in [0.4, 0.5) is 0 Å². The van der Waals surface area contributed by atoms with Crippen molar-refractivity contribution in [2.45, 2.75) is 15.5 Å². The lowest BCUT2D eigenvalue weighted by Crippen LogP contribution is -2.64. The van der Waals surface area contributed by atoms with Crippen molar-refractivity contribution in [2.24, 2.45) is 0 Å². The smallest absolute Gasteiger partial charge is 0.250 e. The van der Waals surface area contributed by atoms with Crippen LogP contribution in [0.2, 0.25) is 0 Å². The van der Waals surface area contributed by atoms with Crippen LogP contribution in [0.5, 0.6) is 0 Å². The summed E-state index contributed by atoms with van der Waals surface area (Å²) < 4.78 is 60.0. The lowest BCUT2D eigenvalue weighted by molar-refractivity contribution is -0.917. The molecular weight excluding hydrogens is 484 g/mol.